The van der Waals surface area contributed by atoms with E-state index in [1.807, 2.05) is 6.92 Å². The molecular formula is C13H24N2O. The Hall–Kier alpha value is -0.570. The summed E-state index contributed by atoms with van der Waals surface area (Å²) in [6, 6.07) is 0.388. The number of hydrogen-bond donors (Lipinski definition) is 2. The second kappa shape index (κ2) is 4.74. The van der Waals surface area contributed by atoms with Crippen LogP contribution in [0.4, 0.5) is 0 Å². The van der Waals surface area contributed by atoms with Crippen LogP contribution < -0.4 is 10.6 Å². The van der Waals surface area contributed by atoms with Gasteiger partial charge in [-0.2, -0.15) is 0 Å². The molecule has 1 aliphatic heterocycles. The molecule has 3 nitrogen and oxygen atoms in total. The molecule has 1 saturated heterocycles. The molecule has 2 aliphatic rings. The monoisotopic (exact) mass is 224 g/mol. The summed E-state index contributed by atoms with van der Waals surface area (Å²) in [6.45, 7) is 5.17. The molecule has 0 aromatic heterocycles. The van der Waals surface area contributed by atoms with Gasteiger partial charge < -0.3 is 10.6 Å². The Morgan fingerprint density at radius 1 is 1.56 bits per heavy atom. The fourth-order valence-corrected chi connectivity index (χ4v) is 2.52. The predicted molar refractivity (Wildman–Crippen MR) is 65.2 cm³/mol. The van der Waals surface area contributed by atoms with Crippen molar-refractivity contribution in [3.63, 3.8) is 0 Å². The molecule has 1 aliphatic carbocycles. The van der Waals surface area contributed by atoms with Gasteiger partial charge in [-0.15, -0.1) is 0 Å². The summed E-state index contributed by atoms with van der Waals surface area (Å²) in [6.07, 6.45) is 7.04. The highest BCUT2D eigenvalue weighted by atomic mass is 16.2. The number of rotatable bonds is 5. The van der Waals surface area contributed by atoms with E-state index >= 15 is 0 Å². The zero-order chi connectivity index (χ0) is 11.6. The molecule has 1 saturated carbocycles. The molecule has 0 aromatic carbocycles. The van der Waals surface area contributed by atoms with E-state index in [1.165, 1.54) is 19.3 Å². The van der Waals surface area contributed by atoms with E-state index in [0.717, 1.165) is 31.7 Å². The zero-order valence-electron chi connectivity index (χ0n) is 10.5. The Balaban J connectivity index is 1.83. The lowest BCUT2D eigenvalue weighted by Gasteiger charge is -2.26. The van der Waals surface area contributed by atoms with Gasteiger partial charge in [-0.25, -0.2) is 0 Å². The van der Waals surface area contributed by atoms with Crippen LogP contribution in [0.2, 0.25) is 0 Å². The average Bonchev–Trinajstić information content (AvgIpc) is 2.97. The van der Waals surface area contributed by atoms with Crippen molar-refractivity contribution in [2.24, 2.45) is 5.92 Å². The van der Waals surface area contributed by atoms with Gasteiger partial charge >= 0.3 is 0 Å². The predicted octanol–water partition coefficient (Wildman–Crippen LogP) is 1.82. The molecule has 3 heteroatoms. The second-order valence-electron chi connectivity index (χ2n) is 5.62. The number of amides is 1. The van der Waals surface area contributed by atoms with Crippen molar-refractivity contribution in [3.05, 3.63) is 0 Å². The zero-order valence-corrected chi connectivity index (χ0v) is 10.5. The maximum Gasteiger partial charge on any atom is 0.240 e. The fourth-order valence-electron chi connectivity index (χ4n) is 2.52. The van der Waals surface area contributed by atoms with E-state index in [0.29, 0.717) is 6.04 Å². The van der Waals surface area contributed by atoms with Gasteiger partial charge in [0.25, 0.3) is 0 Å². The van der Waals surface area contributed by atoms with Crippen LogP contribution in [0.15, 0.2) is 0 Å². The average molecular weight is 224 g/mol. The lowest BCUT2D eigenvalue weighted by atomic mass is 9.98. The molecule has 0 radical (unpaired) electrons. The summed E-state index contributed by atoms with van der Waals surface area (Å²) in [4.78, 5) is 12.2. The molecule has 1 amide bonds. The first-order valence-corrected chi connectivity index (χ1v) is 6.70. The summed E-state index contributed by atoms with van der Waals surface area (Å²) in [5.74, 6) is 1.09. The Morgan fingerprint density at radius 3 is 2.81 bits per heavy atom. The normalized spacial score (nSPS) is 31.4. The highest BCUT2D eigenvalue weighted by Crippen LogP contribution is 2.34. The van der Waals surface area contributed by atoms with E-state index in [4.69, 9.17) is 0 Å². The van der Waals surface area contributed by atoms with E-state index in [9.17, 15) is 4.79 Å². The fraction of sp³-hybridized carbons (Fsp3) is 0.923. The van der Waals surface area contributed by atoms with Gasteiger partial charge in [0.1, 0.15) is 0 Å². The maximum atomic E-state index is 12.2. The summed E-state index contributed by atoms with van der Waals surface area (Å²) in [5.41, 5.74) is -0.309. The van der Waals surface area contributed by atoms with Gasteiger partial charge in [0.15, 0.2) is 0 Å². The molecule has 2 unspecified atom stereocenters. The van der Waals surface area contributed by atoms with Crippen LogP contribution in [0.25, 0.3) is 0 Å². The van der Waals surface area contributed by atoms with Gasteiger partial charge in [-0.1, -0.05) is 19.8 Å². The first-order chi connectivity index (χ1) is 7.64. The molecule has 1 heterocycles. The van der Waals surface area contributed by atoms with Crippen molar-refractivity contribution in [1.29, 1.82) is 0 Å². The van der Waals surface area contributed by atoms with Crippen molar-refractivity contribution in [3.8, 4) is 0 Å². The van der Waals surface area contributed by atoms with Crippen LogP contribution in [0, 0.1) is 5.92 Å². The third-order valence-electron chi connectivity index (χ3n) is 4.01. The van der Waals surface area contributed by atoms with Crippen molar-refractivity contribution in [1.82, 2.24) is 10.6 Å². The number of carbonyl (C=O) groups excluding carboxylic acids is 1. The largest absolute Gasteiger partial charge is 0.352 e. The van der Waals surface area contributed by atoms with Crippen LogP contribution in [-0.4, -0.2) is 24.0 Å². The van der Waals surface area contributed by atoms with Gasteiger partial charge in [-0.05, 0) is 45.1 Å². The minimum absolute atomic E-state index is 0.206. The van der Waals surface area contributed by atoms with E-state index in [-0.39, 0.29) is 11.4 Å². The van der Waals surface area contributed by atoms with Crippen LogP contribution in [0.5, 0.6) is 0 Å². The Kier molecular flexibility index (Phi) is 3.53. The number of carbonyl (C=O) groups is 1. The van der Waals surface area contributed by atoms with Crippen LogP contribution in [0.3, 0.4) is 0 Å². The third kappa shape index (κ3) is 2.76. The van der Waals surface area contributed by atoms with Crippen molar-refractivity contribution in [2.75, 3.05) is 6.54 Å². The molecule has 16 heavy (non-hydrogen) atoms. The van der Waals surface area contributed by atoms with E-state index in [1.54, 1.807) is 0 Å². The Bertz CT molecular complexity index is 255. The summed E-state index contributed by atoms with van der Waals surface area (Å²) in [7, 11) is 0. The van der Waals surface area contributed by atoms with E-state index < -0.39 is 0 Å². The lowest BCUT2D eigenvalue weighted by molar-refractivity contribution is -0.127. The minimum atomic E-state index is -0.309. The molecule has 2 atom stereocenters. The molecule has 2 fully saturated rings. The second-order valence-corrected chi connectivity index (χ2v) is 5.62. The standard InChI is InChI=1S/C13H24N2O/c1-3-11(9-10-5-6-10)15-12(16)13(2)7-4-8-14-13/h10-11,14H,3-9H2,1-2H3,(H,15,16). The SMILES string of the molecule is CCC(CC1CC1)NC(=O)C1(C)CCCN1. The highest BCUT2D eigenvalue weighted by molar-refractivity contribution is 5.86. The van der Waals surface area contributed by atoms with Crippen LogP contribution in [0.1, 0.15) is 52.4 Å². The molecule has 2 N–H and O–H groups in total. The van der Waals surface area contributed by atoms with Crippen molar-refractivity contribution in [2.45, 2.75) is 64.0 Å². The number of nitrogens with one attached hydrogen (secondary N) is 2. The first kappa shape index (κ1) is 11.9. The van der Waals surface area contributed by atoms with Gasteiger partial charge in [0.2, 0.25) is 5.91 Å². The summed E-state index contributed by atoms with van der Waals surface area (Å²) >= 11 is 0. The first-order valence-electron chi connectivity index (χ1n) is 6.70. The summed E-state index contributed by atoms with van der Waals surface area (Å²) in [5, 5.41) is 6.54. The van der Waals surface area contributed by atoms with Crippen LogP contribution >= 0.6 is 0 Å². The molecule has 92 valence electrons. The smallest absolute Gasteiger partial charge is 0.240 e. The Morgan fingerprint density at radius 2 is 2.31 bits per heavy atom. The molecule has 0 aromatic rings. The van der Waals surface area contributed by atoms with Crippen molar-refractivity contribution >= 4 is 5.91 Å². The molecule has 0 bridgehead atoms. The lowest BCUT2D eigenvalue weighted by Crippen LogP contribution is -2.53. The minimum Gasteiger partial charge on any atom is -0.352 e. The summed E-state index contributed by atoms with van der Waals surface area (Å²) < 4.78 is 0. The highest BCUT2D eigenvalue weighted by Gasteiger charge is 2.37. The van der Waals surface area contributed by atoms with Crippen molar-refractivity contribution < 1.29 is 4.79 Å². The Labute approximate surface area is 98.4 Å². The molecule has 0 spiro atoms. The third-order valence-corrected chi connectivity index (χ3v) is 4.01. The van der Waals surface area contributed by atoms with Crippen LogP contribution in [-0.2, 0) is 4.79 Å². The van der Waals surface area contributed by atoms with E-state index in [2.05, 4.69) is 17.6 Å². The molecular weight excluding hydrogens is 200 g/mol. The molecule has 2 rings (SSSR count). The van der Waals surface area contributed by atoms with Gasteiger partial charge in [0, 0.05) is 6.04 Å². The quantitative estimate of drug-likeness (QED) is 0.748. The topological polar surface area (TPSA) is 41.1 Å². The van der Waals surface area contributed by atoms with Gasteiger partial charge in [0.05, 0.1) is 5.54 Å². The van der Waals surface area contributed by atoms with Gasteiger partial charge in [-0.3, -0.25) is 4.79 Å². The number of hydrogen-bond acceptors (Lipinski definition) is 2. The maximum absolute atomic E-state index is 12.2.